The number of para-hydroxylation sites is 1. The Bertz CT molecular complexity index is 1510. The van der Waals surface area contributed by atoms with E-state index >= 15 is 0 Å². The average Bonchev–Trinajstić information content (AvgIpc) is 3.46. The first-order valence-electron chi connectivity index (χ1n) is 11.6. The van der Waals surface area contributed by atoms with E-state index in [1.54, 1.807) is 22.2 Å². The van der Waals surface area contributed by atoms with Crippen molar-refractivity contribution in [3.63, 3.8) is 0 Å². The standard InChI is InChI=1S/C25H25N7OS/c1-17-6-8-19(9-7-17)23-29-32-22(27-28-25(32)34-23)18-10-12-30(13-11-18)14-15-31-16-26-21-5-3-2-4-20(21)24(31)33/h2-9,16,18H,10-15H2,1H3. The van der Waals surface area contributed by atoms with E-state index in [0.29, 0.717) is 17.8 Å². The number of rotatable bonds is 5. The maximum absolute atomic E-state index is 12.7. The molecule has 4 heterocycles. The third-order valence-electron chi connectivity index (χ3n) is 6.65. The normalized spacial score (nSPS) is 15.4. The second-order valence-corrected chi connectivity index (χ2v) is 9.86. The Kier molecular flexibility index (Phi) is 5.43. The molecule has 1 aliphatic rings. The molecule has 0 saturated carbocycles. The Labute approximate surface area is 200 Å². The maximum atomic E-state index is 12.7. The number of likely N-dealkylation sites (tertiary alicyclic amines) is 1. The van der Waals surface area contributed by atoms with Crippen molar-refractivity contribution >= 4 is 27.2 Å². The summed E-state index contributed by atoms with van der Waals surface area (Å²) in [6, 6.07) is 15.9. The second-order valence-electron chi connectivity index (χ2n) is 8.90. The molecule has 0 radical (unpaired) electrons. The van der Waals surface area contributed by atoms with Crippen LogP contribution in [0, 0.1) is 6.92 Å². The van der Waals surface area contributed by atoms with Crippen molar-refractivity contribution < 1.29 is 0 Å². The lowest BCUT2D eigenvalue weighted by atomic mass is 9.96. The van der Waals surface area contributed by atoms with Gasteiger partial charge in [0.15, 0.2) is 5.82 Å². The maximum Gasteiger partial charge on any atom is 0.261 e. The van der Waals surface area contributed by atoms with Gasteiger partial charge in [-0.1, -0.05) is 53.3 Å². The van der Waals surface area contributed by atoms with Crippen LogP contribution in [-0.4, -0.2) is 53.9 Å². The Morgan fingerprint density at radius 3 is 2.62 bits per heavy atom. The van der Waals surface area contributed by atoms with E-state index in [-0.39, 0.29) is 5.56 Å². The van der Waals surface area contributed by atoms with Crippen LogP contribution < -0.4 is 5.56 Å². The largest absolute Gasteiger partial charge is 0.302 e. The quantitative estimate of drug-likeness (QED) is 0.388. The summed E-state index contributed by atoms with van der Waals surface area (Å²) in [5.41, 5.74) is 3.12. The summed E-state index contributed by atoms with van der Waals surface area (Å²) in [7, 11) is 0. The summed E-state index contributed by atoms with van der Waals surface area (Å²) in [5.74, 6) is 1.29. The minimum Gasteiger partial charge on any atom is -0.302 e. The number of hydrogen-bond donors (Lipinski definition) is 0. The first-order valence-corrected chi connectivity index (χ1v) is 12.4. The number of fused-ring (bicyclic) bond motifs is 2. The first-order chi connectivity index (χ1) is 16.7. The molecule has 0 N–H and O–H groups in total. The molecule has 6 rings (SSSR count). The molecule has 0 aliphatic carbocycles. The molecule has 172 valence electrons. The summed E-state index contributed by atoms with van der Waals surface area (Å²) < 4.78 is 3.65. The molecule has 1 saturated heterocycles. The Morgan fingerprint density at radius 1 is 1.00 bits per heavy atom. The number of piperidine rings is 1. The van der Waals surface area contributed by atoms with E-state index < -0.39 is 0 Å². The molecule has 9 heteroatoms. The third-order valence-corrected chi connectivity index (χ3v) is 7.60. The molecule has 0 atom stereocenters. The van der Waals surface area contributed by atoms with Crippen molar-refractivity contribution in [2.45, 2.75) is 32.2 Å². The van der Waals surface area contributed by atoms with Gasteiger partial charge in [-0.2, -0.15) is 9.61 Å². The molecule has 1 fully saturated rings. The van der Waals surface area contributed by atoms with Crippen LogP contribution >= 0.6 is 11.3 Å². The molecular formula is C25H25N7OS. The average molecular weight is 472 g/mol. The molecule has 2 aromatic carbocycles. The summed E-state index contributed by atoms with van der Waals surface area (Å²) in [4.78, 5) is 20.4. The number of benzene rings is 2. The van der Waals surface area contributed by atoms with E-state index in [2.05, 4.69) is 51.3 Å². The van der Waals surface area contributed by atoms with Crippen LogP contribution in [0.3, 0.4) is 0 Å². The van der Waals surface area contributed by atoms with Crippen molar-refractivity contribution in [1.29, 1.82) is 0 Å². The molecule has 0 unspecified atom stereocenters. The highest BCUT2D eigenvalue weighted by molar-refractivity contribution is 7.19. The minimum absolute atomic E-state index is 0.0271. The van der Waals surface area contributed by atoms with Gasteiger partial charge in [-0.15, -0.1) is 10.2 Å². The number of aryl methyl sites for hydroxylation is 1. The van der Waals surface area contributed by atoms with Crippen molar-refractivity contribution in [1.82, 2.24) is 34.3 Å². The molecule has 0 bridgehead atoms. The monoisotopic (exact) mass is 471 g/mol. The van der Waals surface area contributed by atoms with Crippen molar-refractivity contribution in [2.24, 2.45) is 0 Å². The fourth-order valence-electron chi connectivity index (χ4n) is 4.63. The lowest BCUT2D eigenvalue weighted by Gasteiger charge is -2.30. The van der Waals surface area contributed by atoms with Crippen LogP contribution in [-0.2, 0) is 6.54 Å². The molecule has 5 aromatic rings. The van der Waals surface area contributed by atoms with Gasteiger partial charge >= 0.3 is 0 Å². The van der Waals surface area contributed by atoms with Gasteiger partial charge in [-0.05, 0) is 45.0 Å². The lowest BCUT2D eigenvalue weighted by molar-refractivity contribution is 0.201. The van der Waals surface area contributed by atoms with Gasteiger partial charge in [0, 0.05) is 24.6 Å². The Balaban J connectivity index is 1.12. The molecule has 0 spiro atoms. The van der Waals surface area contributed by atoms with E-state index in [4.69, 9.17) is 5.10 Å². The van der Waals surface area contributed by atoms with E-state index in [1.165, 1.54) is 5.56 Å². The van der Waals surface area contributed by atoms with Gasteiger partial charge in [-0.3, -0.25) is 9.36 Å². The topological polar surface area (TPSA) is 81.2 Å². The zero-order valence-electron chi connectivity index (χ0n) is 19.0. The van der Waals surface area contributed by atoms with E-state index in [0.717, 1.165) is 59.3 Å². The van der Waals surface area contributed by atoms with Crippen molar-refractivity contribution in [3.05, 3.63) is 76.6 Å². The summed E-state index contributed by atoms with van der Waals surface area (Å²) in [5, 5.41) is 15.3. The van der Waals surface area contributed by atoms with Crippen LogP contribution in [0.1, 0.15) is 30.1 Å². The fraction of sp³-hybridized carbons (Fsp3) is 0.320. The van der Waals surface area contributed by atoms with Gasteiger partial charge in [0.1, 0.15) is 5.01 Å². The minimum atomic E-state index is 0.0271. The van der Waals surface area contributed by atoms with Gasteiger partial charge in [-0.25, -0.2) is 4.98 Å². The van der Waals surface area contributed by atoms with Crippen LogP contribution in [0.15, 0.2) is 59.7 Å². The van der Waals surface area contributed by atoms with Gasteiger partial charge in [0.2, 0.25) is 4.96 Å². The van der Waals surface area contributed by atoms with Crippen LogP contribution in [0.5, 0.6) is 0 Å². The molecule has 8 nitrogen and oxygen atoms in total. The van der Waals surface area contributed by atoms with Crippen molar-refractivity contribution in [2.75, 3.05) is 19.6 Å². The van der Waals surface area contributed by atoms with Crippen LogP contribution in [0.25, 0.3) is 26.4 Å². The Hall–Kier alpha value is -3.43. The van der Waals surface area contributed by atoms with Gasteiger partial charge < -0.3 is 4.90 Å². The predicted molar refractivity (Wildman–Crippen MR) is 133 cm³/mol. The molecule has 3 aromatic heterocycles. The predicted octanol–water partition coefficient (Wildman–Crippen LogP) is 3.75. The molecular weight excluding hydrogens is 446 g/mol. The number of aromatic nitrogens is 6. The van der Waals surface area contributed by atoms with Gasteiger partial charge in [0.25, 0.3) is 5.56 Å². The summed E-state index contributed by atoms with van der Waals surface area (Å²) >= 11 is 1.58. The third kappa shape index (κ3) is 3.91. The SMILES string of the molecule is Cc1ccc(-c2nn3c(C4CCN(CCn5cnc6ccccc6c5=O)CC4)nnc3s2)cc1. The van der Waals surface area contributed by atoms with Crippen LogP contribution in [0.2, 0.25) is 0 Å². The lowest BCUT2D eigenvalue weighted by Crippen LogP contribution is -2.37. The Morgan fingerprint density at radius 2 is 1.79 bits per heavy atom. The molecule has 0 amide bonds. The van der Waals surface area contributed by atoms with E-state index in [9.17, 15) is 4.79 Å². The zero-order valence-corrected chi connectivity index (χ0v) is 19.8. The highest BCUT2D eigenvalue weighted by Gasteiger charge is 2.26. The van der Waals surface area contributed by atoms with Gasteiger partial charge in [0.05, 0.1) is 17.2 Å². The molecule has 34 heavy (non-hydrogen) atoms. The number of nitrogens with zero attached hydrogens (tertiary/aromatic N) is 7. The second kappa shape index (κ2) is 8.73. The smallest absolute Gasteiger partial charge is 0.261 e. The van der Waals surface area contributed by atoms with E-state index in [1.807, 2.05) is 28.8 Å². The summed E-state index contributed by atoms with van der Waals surface area (Å²) in [6.07, 6.45) is 3.67. The zero-order chi connectivity index (χ0) is 23.1. The van der Waals surface area contributed by atoms with Crippen LogP contribution in [0.4, 0.5) is 0 Å². The highest BCUT2D eigenvalue weighted by atomic mass is 32.1. The first kappa shape index (κ1) is 21.1. The summed E-state index contributed by atoms with van der Waals surface area (Å²) in [6.45, 7) is 5.48. The number of hydrogen-bond acceptors (Lipinski definition) is 7. The molecule has 1 aliphatic heterocycles. The highest BCUT2D eigenvalue weighted by Crippen LogP contribution is 2.31. The fourth-order valence-corrected chi connectivity index (χ4v) is 5.48. The van der Waals surface area contributed by atoms with Crippen molar-refractivity contribution in [3.8, 4) is 10.6 Å².